The molecule has 0 aliphatic carbocycles. The van der Waals surface area contributed by atoms with Gasteiger partial charge in [0.15, 0.2) is 0 Å². The highest BCUT2D eigenvalue weighted by molar-refractivity contribution is 5.78. The Labute approximate surface area is 143 Å². The minimum atomic E-state index is 0.117. The van der Waals surface area contributed by atoms with E-state index >= 15 is 0 Å². The molecule has 0 aromatic carbocycles. The molecular formula is C18H27N3O3. The van der Waals surface area contributed by atoms with Crippen molar-refractivity contribution in [3.8, 4) is 0 Å². The molecule has 0 unspecified atom stereocenters. The molecule has 4 rings (SSSR count). The van der Waals surface area contributed by atoms with Crippen LogP contribution in [-0.4, -0.2) is 73.3 Å². The van der Waals surface area contributed by atoms with E-state index in [4.69, 9.17) is 9.47 Å². The second-order valence-electron chi connectivity index (χ2n) is 6.74. The summed E-state index contributed by atoms with van der Waals surface area (Å²) in [5.74, 6) is 0.681. The number of nitrogens with zero attached hydrogens (tertiary/aromatic N) is 3. The average Bonchev–Trinajstić information content (AvgIpc) is 2.90. The van der Waals surface area contributed by atoms with Gasteiger partial charge in [-0.25, -0.2) is 0 Å². The zero-order valence-electron chi connectivity index (χ0n) is 14.4. The smallest absolute Gasteiger partial charge is 0.248 e. The van der Waals surface area contributed by atoms with Gasteiger partial charge in [-0.1, -0.05) is 0 Å². The van der Waals surface area contributed by atoms with Crippen LogP contribution in [0.15, 0.2) is 24.5 Å². The van der Waals surface area contributed by atoms with Crippen LogP contribution in [0.25, 0.3) is 0 Å². The number of fused-ring (bicyclic) bond motifs is 4. The molecule has 6 heteroatoms. The Balaban J connectivity index is 1.56. The molecule has 1 aromatic rings. The van der Waals surface area contributed by atoms with Gasteiger partial charge in [-0.05, 0) is 36.5 Å². The number of carbonyl (C=O) groups excluding carboxylic acids is 1. The van der Waals surface area contributed by atoms with E-state index in [0.29, 0.717) is 25.2 Å². The first-order valence-corrected chi connectivity index (χ1v) is 8.73. The normalized spacial score (nSPS) is 24.1. The summed E-state index contributed by atoms with van der Waals surface area (Å²) in [5.41, 5.74) is 1.28. The van der Waals surface area contributed by atoms with E-state index in [9.17, 15) is 4.79 Å². The quantitative estimate of drug-likeness (QED) is 0.701. The third-order valence-corrected chi connectivity index (χ3v) is 4.92. The molecule has 0 N–H and O–H groups in total. The number of methoxy groups -OCH3 is 1. The Kier molecular flexibility index (Phi) is 6.18. The maximum absolute atomic E-state index is 12.5. The summed E-state index contributed by atoms with van der Waals surface area (Å²) in [6.07, 6.45) is 6.00. The second kappa shape index (κ2) is 8.55. The molecule has 2 bridgehead atoms. The van der Waals surface area contributed by atoms with Crippen molar-refractivity contribution in [3.63, 3.8) is 0 Å². The molecule has 0 spiro atoms. The van der Waals surface area contributed by atoms with E-state index in [1.165, 1.54) is 12.0 Å². The topological polar surface area (TPSA) is 54.9 Å². The highest BCUT2D eigenvalue weighted by Gasteiger charge is 2.36. The van der Waals surface area contributed by atoms with Gasteiger partial charge < -0.3 is 14.4 Å². The van der Waals surface area contributed by atoms with E-state index < -0.39 is 0 Å². The van der Waals surface area contributed by atoms with E-state index in [1.54, 1.807) is 7.11 Å². The fourth-order valence-corrected chi connectivity index (χ4v) is 3.74. The van der Waals surface area contributed by atoms with E-state index in [1.807, 2.05) is 17.3 Å². The average molecular weight is 333 g/mol. The van der Waals surface area contributed by atoms with Crippen LogP contribution in [0.1, 0.15) is 18.4 Å². The summed E-state index contributed by atoms with van der Waals surface area (Å²) in [6.45, 7) is 4.97. The van der Waals surface area contributed by atoms with Crippen LogP contribution in [0.4, 0.5) is 0 Å². The zero-order valence-corrected chi connectivity index (χ0v) is 14.4. The molecule has 4 heterocycles. The third-order valence-electron chi connectivity index (χ3n) is 4.92. The molecule has 3 saturated heterocycles. The van der Waals surface area contributed by atoms with Crippen molar-refractivity contribution in [2.45, 2.75) is 25.4 Å². The summed E-state index contributed by atoms with van der Waals surface area (Å²) in [5, 5.41) is 0. The second-order valence-corrected chi connectivity index (χ2v) is 6.74. The van der Waals surface area contributed by atoms with Crippen molar-refractivity contribution >= 4 is 5.91 Å². The van der Waals surface area contributed by atoms with Crippen molar-refractivity contribution in [1.82, 2.24) is 14.8 Å². The summed E-state index contributed by atoms with van der Waals surface area (Å²) in [6, 6.07) is 4.45. The number of hydrogen-bond donors (Lipinski definition) is 0. The Morgan fingerprint density at radius 2 is 2.04 bits per heavy atom. The summed E-state index contributed by atoms with van der Waals surface area (Å²) < 4.78 is 10.4. The van der Waals surface area contributed by atoms with Gasteiger partial charge in [0.25, 0.3) is 0 Å². The van der Waals surface area contributed by atoms with Crippen molar-refractivity contribution in [2.75, 3.05) is 46.6 Å². The molecule has 3 aliphatic heterocycles. The van der Waals surface area contributed by atoms with Crippen LogP contribution < -0.4 is 0 Å². The van der Waals surface area contributed by atoms with Gasteiger partial charge in [0, 0.05) is 51.7 Å². The lowest BCUT2D eigenvalue weighted by molar-refractivity contribution is -0.140. The highest BCUT2D eigenvalue weighted by Crippen LogP contribution is 2.28. The van der Waals surface area contributed by atoms with Gasteiger partial charge in [0.05, 0.1) is 13.2 Å². The van der Waals surface area contributed by atoms with Crippen LogP contribution in [0.3, 0.4) is 0 Å². The van der Waals surface area contributed by atoms with Crippen LogP contribution in [0.5, 0.6) is 0 Å². The largest absolute Gasteiger partial charge is 0.382 e. The molecule has 0 saturated carbocycles. The lowest BCUT2D eigenvalue weighted by Gasteiger charge is -2.36. The van der Waals surface area contributed by atoms with Gasteiger partial charge in [-0.15, -0.1) is 0 Å². The van der Waals surface area contributed by atoms with Gasteiger partial charge >= 0.3 is 0 Å². The van der Waals surface area contributed by atoms with Gasteiger partial charge in [-0.2, -0.15) is 0 Å². The monoisotopic (exact) mass is 333 g/mol. The molecule has 0 radical (unpaired) electrons. The number of carbonyl (C=O) groups is 1. The fourth-order valence-electron chi connectivity index (χ4n) is 3.74. The number of rotatable bonds is 7. The van der Waals surface area contributed by atoms with Crippen molar-refractivity contribution in [3.05, 3.63) is 30.1 Å². The Hall–Kier alpha value is -1.50. The van der Waals surface area contributed by atoms with E-state index in [0.717, 1.165) is 32.6 Å². The van der Waals surface area contributed by atoms with Crippen molar-refractivity contribution in [2.24, 2.45) is 5.92 Å². The van der Waals surface area contributed by atoms with Crippen LogP contribution in [0.2, 0.25) is 0 Å². The third kappa shape index (κ3) is 4.53. The Morgan fingerprint density at radius 3 is 2.83 bits per heavy atom. The first-order chi connectivity index (χ1) is 11.8. The lowest BCUT2D eigenvalue weighted by atomic mass is 9.95. The SMILES string of the molecule is COCCOCC(=O)N1C[C@H]2CC[C@@H]1CN(Cc1ccncc1)C2. The first kappa shape index (κ1) is 17.3. The molecule has 1 amide bonds. The van der Waals surface area contributed by atoms with Gasteiger partial charge in [0.1, 0.15) is 6.61 Å². The molecule has 132 valence electrons. The summed E-state index contributed by atoms with van der Waals surface area (Å²) in [7, 11) is 1.64. The molecule has 2 atom stereocenters. The lowest BCUT2D eigenvalue weighted by Crippen LogP contribution is -2.48. The van der Waals surface area contributed by atoms with Crippen LogP contribution in [0, 0.1) is 5.92 Å². The molecule has 24 heavy (non-hydrogen) atoms. The minimum Gasteiger partial charge on any atom is -0.382 e. The Bertz CT molecular complexity index is 526. The number of aromatic nitrogens is 1. The number of amides is 1. The first-order valence-electron chi connectivity index (χ1n) is 8.73. The maximum atomic E-state index is 12.5. The van der Waals surface area contributed by atoms with Crippen molar-refractivity contribution in [1.29, 1.82) is 0 Å². The standard InChI is InChI=1S/C18H27N3O3/c1-23-8-9-24-14-18(22)21-12-16-2-3-17(21)13-20(11-16)10-15-4-6-19-7-5-15/h4-7,16-17H,2-3,8-14H2,1H3/t16-,17+/m0/s1. The van der Waals surface area contributed by atoms with E-state index in [2.05, 4.69) is 22.0 Å². The highest BCUT2D eigenvalue weighted by atomic mass is 16.5. The Morgan fingerprint density at radius 1 is 1.21 bits per heavy atom. The molecule has 1 aromatic heterocycles. The number of ether oxygens (including phenoxy) is 2. The maximum Gasteiger partial charge on any atom is 0.248 e. The molecular weight excluding hydrogens is 306 g/mol. The summed E-state index contributed by atoms with van der Waals surface area (Å²) in [4.78, 5) is 21.1. The van der Waals surface area contributed by atoms with E-state index in [-0.39, 0.29) is 12.5 Å². The summed E-state index contributed by atoms with van der Waals surface area (Å²) >= 11 is 0. The molecule has 3 aliphatic rings. The number of pyridine rings is 1. The molecule has 3 fully saturated rings. The number of piperidine rings is 1. The van der Waals surface area contributed by atoms with Gasteiger partial charge in [-0.3, -0.25) is 14.7 Å². The van der Waals surface area contributed by atoms with Crippen molar-refractivity contribution < 1.29 is 14.3 Å². The predicted octanol–water partition coefficient (Wildman–Crippen LogP) is 1.17. The van der Waals surface area contributed by atoms with Crippen LogP contribution in [-0.2, 0) is 20.8 Å². The predicted molar refractivity (Wildman–Crippen MR) is 90.4 cm³/mol. The number of hydrogen-bond acceptors (Lipinski definition) is 5. The molecule has 6 nitrogen and oxygen atoms in total. The minimum absolute atomic E-state index is 0.117. The fraction of sp³-hybridized carbons (Fsp3) is 0.667. The van der Waals surface area contributed by atoms with Crippen LogP contribution >= 0.6 is 0 Å². The van der Waals surface area contributed by atoms with Gasteiger partial charge in [0.2, 0.25) is 5.91 Å². The zero-order chi connectivity index (χ0) is 16.8.